The van der Waals surface area contributed by atoms with Crippen LogP contribution in [0.1, 0.15) is 27.4 Å². The summed E-state index contributed by atoms with van der Waals surface area (Å²) < 4.78 is 13.1. The molecule has 1 aromatic heterocycles. The van der Waals surface area contributed by atoms with Gasteiger partial charge in [0.15, 0.2) is 0 Å². The molecule has 3 rings (SSSR count). The van der Waals surface area contributed by atoms with Gasteiger partial charge < -0.3 is 10.2 Å². The van der Waals surface area contributed by atoms with Crippen molar-refractivity contribution in [3.05, 3.63) is 45.9 Å². The Balaban J connectivity index is 0.00000208. The zero-order valence-corrected chi connectivity index (χ0v) is 15.5. The Hall–Kier alpha value is -1.43. The van der Waals surface area contributed by atoms with E-state index >= 15 is 0 Å². The fourth-order valence-electron chi connectivity index (χ4n) is 3.06. The molecule has 3 nitrogen and oxygen atoms in total. The van der Waals surface area contributed by atoms with Crippen LogP contribution >= 0.6 is 23.7 Å². The summed E-state index contributed by atoms with van der Waals surface area (Å²) in [6, 6.07) is 8.75. The number of thiophene rings is 1. The maximum Gasteiger partial charge on any atom is 0.264 e. The Kier molecular flexibility index (Phi) is 6.38. The van der Waals surface area contributed by atoms with Crippen LogP contribution in [0.25, 0.3) is 11.1 Å². The molecule has 2 aromatic rings. The summed E-state index contributed by atoms with van der Waals surface area (Å²) in [7, 11) is 1.95. The number of carbonyl (C=O) groups excluding carboxylic acids is 1. The molecule has 1 atom stereocenters. The lowest BCUT2D eigenvalue weighted by Gasteiger charge is -2.32. The molecule has 1 aliphatic heterocycles. The zero-order chi connectivity index (χ0) is 16.4. The van der Waals surface area contributed by atoms with Gasteiger partial charge in [0.25, 0.3) is 5.91 Å². The summed E-state index contributed by atoms with van der Waals surface area (Å²) in [4.78, 5) is 16.5. The van der Waals surface area contributed by atoms with Crippen LogP contribution in [-0.4, -0.2) is 37.0 Å². The number of nitrogens with zero attached hydrogens (tertiary/aromatic N) is 1. The highest BCUT2D eigenvalue weighted by atomic mass is 35.5. The van der Waals surface area contributed by atoms with Crippen LogP contribution in [0.4, 0.5) is 4.39 Å². The van der Waals surface area contributed by atoms with Crippen LogP contribution in [0.3, 0.4) is 0 Å². The highest BCUT2D eigenvalue weighted by Gasteiger charge is 2.25. The molecule has 0 radical (unpaired) electrons. The normalized spacial score (nSPS) is 17.5. The summed E-state index contributed by atoms with van der Waals surface area (Å²) >= 11 is 1.52. The van der Waals surface area contributed by atoms with Gasteiger partial charge in [0.1, 0.15) is 5.82 Å². The Morgan fingerprint density at radius 1 is 1.33 bits per heavy atom. The molecule has 1 amide bonds. The second-order valence-corrected chi connectivity index (χ2v) is 7.22. The molecule has 1 aliphatic rings. The molecule has 0 spiro atoms. The van der Waals surface area contributed by atoms with Gasteiger partial charge in [0.05, 0.1) is 4.88 Å². The van der Waals surface area contributed by atoms with E-state index in [0.717, 1.165) is 46.8 Å². The van der Waals surface area contributed by atoms with E-state index < -0.39 is 0 Å². The highest BCUT2D eigenvalue weighted by molar-refractivity contribution is 7.14. The van der Waals surface area contributed by atoms with Crippen LogP contribution in [0.5, 0.6) is 0 Å². The molecule has 0 saturated carbocycles. The van der Waals surface area contributed by atoms with Crippen molar-refractivity contribution < 1.29 is 9.18 Å². The monoisotopic (exact) mass is 368 g/mol. The first-order valence-corrected chi connectivity index (χ1v) is 8.73. The lowest BCUT2D eigenvalue weighted by atomic mass is 10.0. The third-order valence-electron chi connectivity index (χ3n) is 4.40. The van der Waals surface area contributed by atoms with Crippen molar-refractivity contribution in [3.8, 4) is 11.1 Å². The molecule has 1 saturated heterocycles. The topological polar surface area (TPSA) is 32.3 Å². The molecule has 1 aromatic carbocycles. The largest absolute Gasteiger partial charge is 0.336 e. The van der Waals surface area contributed by atoms with Crippen molar-refractivity contribution in [1.29, 1.82) is 0 Å². The number of piperidine rings is 1. The van der Waals surface area contributed by atoms with Crippen molar-refractivity contribution in [2.24, 2.45) is 0 Å². The van der Waals surface area contributed by atoms with Crippen LogP contribution < -0.4 is 5.32 Å². The molecule has 130 valence electrons. The molecule has 0 aliphatic carbocycles. The van der Waals surface area contributed by atoms with E-state index in [4.69, 9.17) is 0 Å². The SMILES string of the molecule is CNC1CCCN(C(=O)c2cc(-c3ccc(F)cc3)c(C)s2)C1.Cl. The predicted octanol–water partition coefficient (Wildman–Crippen LogP) is 4.11. The quantitative estimate of drug-likeness (QED) is 0.884. The van der Waals surface area contributed by atoms with Crippen molar-refractivity contribution >= 4 is 29.7 Å². The predicted molar refractivity (Wildman–Crippen MR) is 99.7 cm³/mol. The number of rotatable bonds is 3. The Morgan fingerprint density at radius 2 is 2.04 bits per heavy atom. The summed E-state index contributed by atoms with van der Waals surface area (Å²) in [6.07, 6.45) is 2.15. The lowest BCUT2D eigenvalue weighted by Crippen LogP contribution is -2.46. The van der Waals surface area contributed by atoms with Crippen LogP contribution in [0.2, 0.25) is 0 Å². The van der Waals surface area contributed by atoms with Gasteiger partial charge in [-0.1, -0.05) is 12.1 Å². The van der Waals surface area contributed by atoms with E-state index in [9.17, 15) is 9.18 Å². The minimum atomic E-state index is -0.246. The Labute approximate surface area is 152 Å². The molecule has 1 unspecified atom stereocenters. The van der Waals surface area contributed by atoms with Gasteiger partial charge in [0.2, 0.25) is 0 Å². The fraction of sp³-hybridized carbons (Fsp3) is 0.389. The molecule has 2 heterocycles. The number of hydrogen-bond acceptors (Lipinski definition) is 3. The van der Waals surface area contributed by atoms with E-state index in [1.54, 1.807) is 12.1 Å². The van der Waals surface area contributed by atoms with E-state index in [0.29, 0.717) is 6.04 Å². The molecule has 1 fully saturated rings. The first kappa shape index (κ1) is 18.9. The number of carbonyl (C=O) groups is 1. The van der Waals surface area contributed by atoms with Crippen LogP contribution in [0, 0.1) is 12.7 Å². The van der Waals surface area contributed by atoms with Crippen molar-refractivity contribution in [2.75, 3.05) is 20.1 Å². The van der Waals surface area contributed by atoms with Gasteiger partial charge in [-0.3, -0.25) is 4.79 Å². The molecule has 24 heavy (non-hydrogen) atoms. The van der Waals surface area contributed by atoms with Gasteiger partial charge >= 0.3 is 0 Å². The maximum atomic E-state index is 13.1. The number of benzene rings is 1. The lowest BCUT2D eigenvalue weighted by molar-refractivity contribution is 0.0703. The van der Waals surface area contributed by atoms with Crippen LogP contribution in [0.15, 0.2) is 30.3 Å². The van der Waals surface area contributed by atoms with Gasteiger partial charge in [-0.25, -0.2) is 4.39 Å². The number of halogens is 2. The van der Waals surface area contributed by atoms with E-state index in [1.165, 1.54) is 23.5 Å². The van der Waals surface area contributed by atoms with Crippen molar-refractivity contribution in [1.82, 2.24) is 10.2 Å². The first-order valence-electron chi connectivity index (χ1n) is 7.91. The van der Waals surface area contributed by atoms with E-state index in [-0.39, 0.29) is 24.1 Å². The molecular formula is C18H22ClFN2OS. The Morgan fingerprint density at radius 3 is 2.71 bits per heavy atom. The minimum Gasteiger partial charge on any atom is -0.336 e. The second kappa shape index (κ2) is 8.10. The van der Waals surface area contributed by atoms with Crippen molar-refractivity contribution in [3.63, 3.8) is 0 Å². The fourth-order valence-corrected chi connectivity index (χ4v) is 4.07. The number of likely N-dealkylation sites (N-methyl/N-ethyl adjacent to an activating group) is 1. The molecule has 0 bridgehead atoms. The third kappa shape index (κ3) is 3.97. The summed E-state index contributed by atoms with van der Waals surface area (Å²) in [5.74, 6) is -0.143. The van der Waals surface area contributed by atoms with Gasteiger partial charge in [0, 0.05) is 24.0 Å². The second-order valence-electron chi connectivity index (χ2n) is 5.97. The van der Waals surface area contributed by atoms with E-state index in [1.807, 2.05) is 24.9 Å². The number of amides is 1. The smallest absolute Gasteiger partial charge is 0.264 e. The summed E-state index contributed by atoms with van der Waals surface area (Å²) in [6.45, 7) is 3.59. The van der Waals surface area contributed by atoms with Gasteiger partial charge in [-0.05, 0) is 56.1 Å². The molecular weight excluding hydrogens is 347 g/mol. The van der Waals surface area contributed by atoms with Crippen molar-refractivity contribution in [2.45, 2.75) is 25.8 Å². The molecule has 6 heteroatoms. The standard InChI is InChI=1S/C18H21FN2OS.ClH/c1-12-16(13-5-7-14(19)8-6-13)10-17(23-12)18(22)21-9-3-4-15(11-21)20-2;/h5-8,10,15,20H,3-4,9,11H2,1-2H3;1H. The van der Waals surface area contributed by atoms with E-state index in [2.05, 4.69) is 5.32 Å². The van der Waals surface area contributed by atoms with Gasteiger partial charge in [-0.15, -0.1) is 23.7 Å². The summed E-state index contributed by atoms with van der Waals surface area (Å²) in [5.41, 5.74) is 1.96. The number of likely N-dealkylation sites (tertiary alicyclic amines) is 1. The average Bonchev–Trinajstić information content (AvgIpc) is 2.97. The summed E-state index contributed by atoms with van der Waals surface area (Å²) in [5, 5.41) is 3.26. The maximum absolute atomic E-state index is 13.1. The number of nitrogens with one attached hydrogen (secondary N) is 1. The highest BCUT2D eigenvalue weighted by Crippen LogP contribution is 2.32. The zero-order valence-electron chi connectivity index (χ0n) is 13.8. The minimum absolute atomic E-state index is 0. The third-order valence-corrected chi connectivity index (χ3v) is 5.44. The Bertz CT molecular complexity index is 702. The number of hydrogen-bond donors (Lipinski definition) is 1. The first-order chi connectivity index (χ1) is 11.1. The number of aryl methyl sites for hydroxylation is 1. The molecule has 1 N–H and O–H groups in total. The van der Waals surface area contributed by atoms with Gasteiger partial charge in [-0.2, -0.15) is 0 Å². The van der Waals surface area contributed by atoms with Crippen LogP contribution in [-0.2, 0) is 0 Å². The average molecular weight is 369 g/mol.